The summed E-state index contributed by atoms with van der Waals surface area (Å²) in [5.41, 5.74) is 0.957. The van der Waals surface area contributed by atoms with Gasteiger partial charge in [0.1, 0.15) is 11.6 Å². The van der Waals surface area contributed by atoms with Crippen molar-refractivity contribution < 1.29 is 23.5 Å². The molecule has 3 aromatic carbocycles. The topological polar surface area (TPSA) is 75.7 Å². The summed E-state index contributed by atoms with van der Waals surface area (Å²) in [5.74, 6) is -0.762. The third kappa shape index (κ3) is 5.15. The second-order valence-electron chi connectivity index (χ2n) is 7.03. The number of para-hydroxylation sites is 1. The number of hydrogen-bond acceptors (Lipinski definition) is 5. The van der Waals surface area contributed by atoms with E-state index in [1.54, 1.807) is 36.4 Å². The van der Waals surface area contributed by atoms with Gasteiger partial charge in [0.25, 0.3) is 5.91 Å². The fraction of sp³-hybridized carbons (Fsp3) is 0.125. The summed E-state index contributed by atoms with van der Waals surface area (Å²) in [6, 6.07) is 21.3. The van der Waals surface area contributed by atoms with Gasteiger partial charge in [0, 0.05) is 17.0 Å². The molecule has 8 heteroatoms. The summed E-state index contributed by atoms with van der Waals surface area (Å²) in [7, 11) is 0. The number of imide groups is 1. The molecule has 3 aromatic rings. The minimum atomic E-state index is -0.563. The summed E-state index contributed by atoms with van der Waals surface area (Å²) < 4.78 is 18.6. The molecule has 0 saturated carbocycles. The zero-order valence-corrected chi connectivity index (χ0v) is 17.7. The molecule has 162 valence electrons. The van der Waals surface area contributed by atoms with Gasteiger partial charge in [-0.1, -0.05) is 18.2 Å². The van der Waals surface area contributed by atoms with E-state index in [1.807, 2.05) is 18.2 Å². The number of benzene rings is 3. The summed E-state index contributed by atoms with van der Waals surface area (Å²) in [5, 5.41) is 2.19. The van der Waals surface area contributed by atoms with Crippen LogP contribution in [0.2, 0.25) is 0 Å². The van der Waals surface area contributed by atoms with Gasteiger partial charge in [0.15, 0.2) is 6.61 Å². The van der Waals surface area contributed by atoms with Crippen LogP contribution in [0.25, 0.3) is 0 Å². The Morgan fingerprint density at radius 1 is 1.00 bits per heavy atom. The highest BCUT2D eigenvalue weighted by atomic mass is 32.2. The van der Waals surface area contributed by atoms with Gasteiger partial charge in [-0.2, -0.15) is 0 Å². The molecule has 4 rings (SSSR count). The highest BCUT2D eigenvalue weighted by molar-refractivity contribution is 8.00. The van der Waals surface area contributed by atoms with Crippen LogP contribution in [0.3, 0.4) is 0 Å². The van der Waals surface area contributed by atoms with Crippen molar-refractivity contribution in [2.45, 2.75) is 16.6 Å². The van der Waals surface area contributed by atoms with Crippen molar-refractivity contribution in [1.82, 2.24) is 0 Å². The maximum absolute atomic E-state index is 13.1. The molecule has 0 radical (unpaired) electrons. The van der Waals surface area contributed by atoms with E-state index in [2.05, 4.69) is 5.32 Å². The maximum atomic E-state index is 13.1. The van der Waals surface area contributed by atoms with E-state index in [-0.39, 0.29) is 30.7 Å². The van der Waals surface area contributed by atoms with Crippen molar-refractivity contribution in [3.8, 4) is 5.75 Å². The standard InChI is InChI=1S/C24H19FN2O4S/c25-16-6-10-18(11-7-16)27-23(29)14-21(24(27)30)32-20-12-8-17(9-13-20)26-22(28)15-31-19-4-2-1-3-5-19/h1-13,21H,14-15H2,(H,26,28). The summed E-state index contributed by atoms with van der Waals surface area (Å²) >= 11 is 1.28. The van der Waals surface area contributed by atoms with Crippen LogP contribution in [-0.4, -0.2) is 29.6 Å². The van der Waals surface area contributed by atoms with Gasteiger partial charge < -0.3 is 10.1 Å². The lowest BCUT2D eigenvalue weighted by atomic mass is 10.3. The number of carbonyl (C=O) groups excluding carboxylic acids is 3. The van der Waals surface area contributed by atoms with Crippen LogP contribution in [-0.2, 0) is 14.4 Å². The summed E-state index contributed by atoms with van der Waals surface area (Å²) in [4.78, 5) is 39.0. The number of rotatable bonds is 7. The van der Waals surface area contributed by atoms with E-state index >= 15 is 0 Å². The third-order valence-corrected chi connectivity index (χ3v) is 5.92. The molecular weight excluding hydrogens is 431 g/mol. The van der Waals surface area contributed by atoms with Crippen LogP contribution < -0.4 is 15.0 Å². The Morgan fingerprint density at radius 3 is 2.38 bits per heavy atom. The number of carbonyl (C=O) groups is 3. The smallest absolute Gasteiger partial charge is 0.262 e. The fourth-order valence-electron chi connectivity index (χ4n) is 3.20. The van der Waals surface area contributed by atoms with Crippen LogP contribution in [0.1, 0.15) is 6.42 Å². The minimum absolute atomic E-state index is 0.0657. The zero-order valence-electron chi connectivity index (χ0n) is 16.9. The molecular formula is C24H19FN2O4S. The van der Waals surface area contributed by atoms with Crippen molar-refractivity contribution in [2.75, 3.05) is 16.8 Å². The molecule has 1 atom stereocenters. The average Bonchev–Trinajstić information content (AvgIpc) is 3.08. The van der Waals surface area contributed by atoms with E-state index in [1.165, 1.54) is 36.0 Å². The van der Waals surface area contributed by atoms with E-state index in [0.717, 1.165) is 9.80 Å². The van der Waals surface area contributed by atoms with Gasteiger partial charge in [-0.25, -0.2) is 9.29 Å². The predicted octanol–water partition coefficient (Wildman–Crippen LogP) is 4.27. The first-order chi connectivity index (χ1) is 15.5. The second-order valence-corrected chi connectivity index (χ2v) is 8.30. The predicted molar refractivity (Wildman–Crippen MR) is 120 cm³/mol. The molecule has 0 spiro atoms. The Kier molecular flexibility index (Phi) is 6.51. The van der Waals surface area contributed by atoms with Gasteiger partial charge >= 0.3 is 0 Å². The first-order valence-electron chi connectivity index (χ1n) is 9.86. The molecule has 32 heavy (non-hydrogen) atoms. The lowest BCUT2D eigenvalue weighted by Gasteiger charge is -2.15. The number of nitrogens with one attached hydrogen (secondary N) is 1. The largest absolute Gasteiger partial charge is 0.484 e. The molecule has 1 unspecified atom stereocenters. The number of halogens is 1. The van der Waals surface area contributed by atoms with Gasteiger partial charge in [0.2, 0.25) is 11.8 Å². The molecule has 1 heterocycles. The van der Waals surface area contributed by atoms with Crippen LogP contribution in [0.5, 0.6) is 5.75 Å². The Hall–Kier alpha value is -3.65. The van der Waals surface area contributed by atoms with Crippen LogP contribution in [0.4, 0.5) is 15.8 Å². The van der Waals surface area contributed by atoms with Gasteiger partial charge in [-0.3, -0.25) is 14.4 Å². The quantitative estimate of drug-likeness (QED) is 0.544. The third-order valence-electron chi connectivity index (χ3n) is 4.72. The zero-order chi connectivity index (χ0) is 22.5. The van der Waals surface area contributed by atoms with Crippen molar-refractivity contribution in [3.05, 3.63) is 84.7 Å². The summed E-state index contributed by atoms with van der Waals surface area (Å²) in [6.45, 7) is -0.113. The molecule has 3 amide bonds. The number of hydrogen-bond donors (Lipinski definition) is 1. The van der Waals surface area contributed by atoms with Gasteiger partial charge in [-0.15, -0.1) is 11.8 Å². The molecule has 0 bridgehead atoms. The van der Waals surface area contributed by atoms with Crippen LogP contribution in [0.15, 0.2) is 83.8 Å². The van der Waals surface area contributed by atoms with Crippen molar-refractivity contribution in [3.63, 3.8) is 0 Å². The number of amides is 3. The Balaban J connectivity index is 1.32. The van der Waals surface area contributed by atoms with E-state index in [0.29, 0.717) is 17.1 Å². The second kappa shape index (κ2) is 9.65. The van der Waals surface area contributed by atoms with Gasteiger partial charge in [-0.05, 0) is 60.7 Å². The maximum Gasteiger partial charge on any atom is 0.262 e. The molecule has 1 fully saturated rings. The summed E-state index contributed by atoms with van der Waals surface area (Å²) in [6.07, 6.45) is 0.0657. The van der Waals surface area contributed by atoms with Crippen LogP contribution >= 0.6 is 11.8 Å². The first-order valence-corrected chi connectivity index (χ1v) is 10.7. The highest BCUT2D eigenvalue weighted by Crippen LogP contribution is 2.34. The van der Waals surface area contributed by atoms with E-state index in [9.17, 15) is 18.8 Å². The van der Waals surface area contributed by atoms with Gasteiger partial charge in [0.05, 0.1) is 10.9 Å². The van der Waals surface area contributed by atoms with Crippen LogP contribution in [0, 0.1) is 5.82 Å². The monoisotopic (exact) mass is 450 g/mol. The Labute approximate surface area is 188 Å². The fourth-order valence-corrected chi connectivity index (χ4v) is 4.26. The average molecular weight is 450 g/mol. The molecule has 6 nitrogen and oxygen atoms in total. The molecule has 1 aliphatic heterocycles. The molecule has 1 N–H and O–H groups in total. The number of anilines is 2. The Bertz CT molecular complexity index is 1120. The Morgan fingerprint density at radius 2 is 1.69 bits per heavy atom. The number of ether oxygens (including phenoxy) is 1. The number of nitrogens with zero attached hydrogens (tertiary/aromatic N) is 1. The lowest BCUT2D eigenvalue weighted by molar-refractivity contribution is -0.121. The van der Waals surface area contributed by atoms with E-state index in [4.69, 9.17) is 4.74 Å². The molecule has 1 saturated heterocycles. The first kappa shape index (κ1) is 21.6. The SMILES string of the molecule is O=C(COc1ccccc1)Nc1ccc(SC2CC(=O)N(c3ccc(F)cc3)C2=O)cc1. The normalized spacial score (nSPS) is 15.7. The molecule has 0 aromatic heterocycles. The van der Waals surface area contributed by atoms with Crippen molar-refractivity contribution in [1.29, 1.82) is 0 Å². The molecule has 0 aliphatic carbocycles. The van der Waals surface area contributed by atoms with Crippen molar-refractivity contribution >= 4 is 40.9 Å². The van der Waals surface area contributed by atoms with E-state index < -0.39 is 11.1 Å². The van der Waals surface area contributed by atoms with Crippen molar-refractivity contribution in [2.24, 2.45) is 0 Å². The highest BCUT2D eigenvalue weighted by Gasteiger charge is 2.40. The lowest BCUT2D eigenvalue weighted by Crippen LogP contribution is -2.31. The molecule has 1 aliphatic rings. The minimum Gasteiger partial charge on any atom is -0.484 e. The number of thioether (sulfide) groups is 1.